The summed E-state index contributed by atoms with van der Waals surface area (Å²) in [6, 6.07) is 4.30. The lowest BCUT2D eigenvalue weighted by molar-refractivity contribution is 0.0527. The van der Waals surface area contributed by atoms with Crippen molar-refractivity contribution in [2.24, 2.45) is 0 Å². The molecule has 0 aliphatic rings. The number of carbonyl (C=O) groups excluding carboxylic acids is 1. The first-order valence-corrected chi connectivity index (χ1v) is 5.80. The van der Waals surface area contributed by atoms with Crippen LogP contribution >= 0.6 is 11.6 Å². The second-order valence-corrected chi connectivity index (χ2v) is 4.04. The zero-order valence-electron chi connectivity index (χ0n) is 9.67. The number of aromatic nitrogens is 1. The van der Waals surface area contributed by atoms with E-state index >= 15 is 0 Å². The molecule has 0 unspecified atom stereocenters. The van der Waals surface area contributed by atoms with E-state index in [4.69, 9.17) is 16.3 Å². The van der Waals surface area contributed by atoms with Gasteiger partial charge in [-0.15, -0.1) is 0 Å². The van der Waals surface area contributed by atoms with Crippen molar-refractivity contribution < 1.29 is 13.9 Å². The minimum absolute atomic E-state index is 0.0171. The average molecular weight is 268 g/mol. The Hall–Kier alpha value is -1.81. The smallest absolute Gasteiger partial charge is 0.340 e. The summed E-state index contributed by atoms with van der Waals surface area (Å²) in [5, 5.41) is 0.0171. The fourth-order valence-corrected chi connectivity index (χ4v) is 1.82. The van der Waals surface area contributed by atoms with Gasteiger partial charge in [0, 0.05) is 18.0 Å². The lowest BCUT2D eigenvalue weighted by atomic mass is 10.0. The molecule has 5 heteroatoms. The van der Waals surface area contributed by atoms with Crippen LogP contribution in [0.1, 0.15) is 17.3 Å². The third kappa shape index (κ3) is 2.38. The Balaban J connectivity index is 2.42. The van der Waals surface area contributed by atoms with E-state index in [9.17, 15) is 9.18 Å². The highest BCUT2D eigenvalue weighted by Crippen LogP contribution is 2.27. The fourth-order valence-electron chi connectivity index (χ4n) is 1.64. The van der Waals surface area contributed by atoms with E-state index in [0.29, 0.717) is 23.3 Å². The SMILES string of the molecule is CCOC(=O)c1c[nH]cc1-c1ccc(F)c(Cl)c1. The Bertz CT molecular complexity index is 580. The quantitative estimate of drug-likeness (QED) is 0.863. The number of hydrogen-bond donors (Lipinski definition) is 1. The van der Waals surface area contributed by atoms with E-state index in [1.807, 2.05) is 0 Å². The number of nitrogens with one attached hydrogen (secondary N) is 1. The first-order chi connectivity index (χ1) is 8.63. The van der Waals surface area contributed by atoms with Gasteiger partial charge in [0.25, 0.3) is 0 Å². The zero-order valence-corrected chi connectivity index (χ0v) is 10.4. The molecule has 0 atom stereocenters. The van der Waals surface area contributed by atoms with Gasteiger partial charge < -0.3 is 9.72 Å². The van der Waals surface area contributed by atoms with Crippen LogP contribution in [0, 0.1) is 5.82 Å². The van der Waals surface area contributed by atoms with Crippen molar-refractivity contribution in [2.75, 3.05) is 6.61 Å². The molecular formula is C13H11ClFNO2. The second kappa shape index (κ2) is 5.23. The maximum Gasteiger partial charge on any atom is 0.340 e. The first kappa shape index (κ1) is 12.6. The number of halogens is 2. The van der Waals surface area contributed by atoms with Crippen LogP contribution in [0.25, 0.3) is 11.1 Å². The molecule has 1 aromatic carbocycles. The summed E-state index contributed by atoms with van der Waals surface area (Å²) in [6.45, 7) is 2.03. The van der Waals surface area contributed by atoms with Gasteiger partial charge in [-0.1, -0.05) is 17.7 Å². The van der Waals surface area contributed by atoms with Gasteiger partial charge in [-0.05, 0) is 24.6 Å². The maximum atomic E-state index is 13.1. The van der Waals surface area contributed by atoms with Crippen molar-refractivity contribution in [3.8, 4) is 11.1 Å². The minimum Gasteiger partial charge on any atom is -0.462 e. The molecule has 2 rings (SSSR count). The van der Waals surface area contributed by atoms with Gasteiger partial charge in [-0.2, -0.15) is 0 Å². The molecule has 0 radical (unpaired) electrons. The van der Waals surface area contributed by atoms with Crippen LogP contribution < -0.4 is 0 Å². The van der Waals surface area contributed by atoms with Crippen molar-refractivity contribution in [1.29, 1.82) is 0 Å². The molecule has 0 aliphatic carbocycles. The van der Waals surface area contributed by atoms with Crippen molar-refractivity contribution in [3.05, 3.63) is 47.0 Å². The predicted octanol–water partition coefficient (Wildman–Crippen LogP) is 3.65. The summed E-state index contributed by atoms with van der Waals surface area (Å²) in [5.41, 5.74) is 1.69. The van der Waals surface area contributed by atoms with E-state index in [-0.39, 0.29) is 5.02 Å². The molecule has 3 nitrogen and oxygen atoms in total. The maximum absolute atomic E-state index is 13.1. The lowest BCUT2D eigenvalue weighted by Crippen LogP contribution is -2.04. The van der Waals surface area contributed by atoms with Crippen LogP contribution in [0.3, 0.4) is 0 Å². The zero-order chi connectivity index (χ0) is 13.1. The molecule has 1 N–H and O–H groups in total. The highest BCUT2D eigenvalue weighted by atomic mass is 35.5. The Morgan fingerprint density at radius 3 is 2.89 bits per heavy atom. The number of ether oxygens (including phenoxy) is 1. The fraction of sp³-hybridized carbons (Fsp3) is 0.154. The number of hydrogen-bond acceptors (Lipinski definition) is 2. The predicted molar refractivity (Wildman–Crippen MR) is 67.2 cm³/mol. The Kier molecular flexibility index (Phi) is 3.67. The molecule has 0 bridgehead atoms. The normalized spacial score (nSPS) is 10.4. The second-order valence-electron chi connectivity index (χ2n) is 3.63. The van der Waals surface area contributed by atoms with Crippen LogP contribution in [-0.2, 0) is 4.74 Å². The van der Waals surface area contributed by atoms with E-state index in [1.165, 1.54) is 12.1 Å². The molecule has 1 aromatic heterocycles. The molecule has 18 heavy (non-hydrogen) atoms. The molecule has 94 valence electrons. The Labute approximate surface area is 109 Å². The summed E-state index contributed by atoms with van der Waals surface area (Å²) >= 11 is 5.72. The van der Waals surface area contributed by atoms with Crippen molar-refractivity contribution >= 4 is 17.6 Å². The van der Waals surface area contributed by atoms with E-state index < -0.39 is 11.8 Å². The number of aromatic amines is 1. The number of carbonyl (C=O) groups is 1. The van der Waals surface area contributed by atoms with Gasteiger partial charge in [0.05, 0.1) is 17.2 Å². The van der Waals surface area contributed by atoms with Crippen LogP contribution in [0.5, 0.6) is 0 Å². The van der Waals surface area contributed by atoms with Gasteiger partial charge in [0.2, 0.25) is 0 Å². The van der Waals surface area contributed by atoms with E-state index in [2.05, 4.69) is 4.98 Å². The largest absolute Gasteiger partial charge is 0.462 e. The molecule has 0 spiro atoms. The van der Waals surface area contributed by atoms with Crippen LogP contribution in [0.15, 0.2) is 30.6 Å². The Morgan fingerprint density at radius 2 is 2.22 bits per heavy atom. The van der Waals surface area contributed by atoms with Crippen molar-refractivity contribution in [2.45, 2.75) is 6.92 Å². The number of benzene rings is 1. The summed E-state index contributed by atoms with van der Waals surface area (Å²) in [6.07, 6.45) is 3.19. The standard InChI is InChI=1S/C13H11ClFNO2/c1-2-18-13(17)10-7-16-6-9(10)8-3-4-12(15)11(14)5-8/h3-7,16H,2H2,1H3. The topological polar surface area (TPSA) is 42.1 Å². The van der Waals surface area contributed by atoms with Crippen LogP contribution in [0.4, 0.5) is 4.39 Å². The molecule has 0 amide bonds. The van der Waals surface area contributed by atoms with Gasteiger partial charge in [-0.25, -0.2) is 9.18 Å². The van der Waals surface area contributed by atoms with Crippen LogP contribution in [0.2, 0.25) is 5.02 Å². The van der Waals surface area contributed by atoms with Crippen molar-refractivity contribution in [1.82, 2.24) is 4.98 Å². The molecule has 1 heterocycles. The average Bonchev–Trinajstić information content (AvgIpc) is 2.82. The van der Waals surface area contributed by atoms with Gasteiger partial charge in [0.15, 0.2) is 0 Å². The third-order valence-corrected chi connectivity index (χ3v) is 2.76. The molecule has 2 aromatic rings. The summed E-state index contributed by atoms with van der Waals surface area (Å²) in [7, 11) is 0. The first-order valence-electron chi connectivity index (χ1n) is 5.42. The van der Waals surface area contributed by atoms with E-state index in [0.717, 1.165) is 0 Å². The highest BCUT2D eigenvalue weighted by molar-refractivity contribution is 6.31. The molecule has 0 fully saturated rings. The molecule has 0 aliphatic heterocycles. The van der Waals surface area contributed by atoms with Crippen LogP contribution in [-0.4, -0.2) is 17.6 Å². The molecule has 0 saturated carbocycles. The van der Waals surface area contributed by atoms with Gasteiger partial charge in [0.1, 0.15) is 5.82 Å². The van der Waals surface area contributed by atoms with Gasteiger partial charge >= 0.3 is 5.97 Å². The van der Waals surface area contributed by atoms with E-state index in [1.54, 1.807) is 25.4 Å². The molecular weight excluding hydrogens is 257 g/mol. The number of rotatable bonds is 3. The highest BCUT2D eigenvalue weighted by Gasteiger charge is 2.15. The summed E-state index contributed by atoms with van der Waals surface area (Å²) < 4.78 is 18.0. The monoisotopic (exact) mass is 267 g/mol. The Morgan fingerprint density at radius 1 is 1.44 bits per heavy atom. The summed E-state index contributed by atoms with van der Waals surface area (Å²) in [4.78, 5) is 14.5. The number of H-pyrrole nitrogens is 1. The molecule has 0 saturated heterocycles. The van der Waals surface area contributed by atoms with Crippen molar-refractivity contribution in [3.63, 3.8) is 0 Å². The summed E-state index contributed by atoms with van der Waals surface area (Å²) in [5.74, 6) is -0.914. The lowest BCUT2D eigenvalue weighted by Gasteiger charge is -2.04. The van der Waals surface area contributed by atoms with Gasteiger partial charge in [-0.3, -0.25) is 0 Å². The minimum atomic E-state index is -0.492. The third-order valence-electron chi connectivity index (χ3n) is 2.47. The number of esters is 1.